The van der Waals surface area contributed by atoms with Crippen LogP contribution >= 0.6 is 0 Å². The molecular formula is C41H77N3O11. The maximum Gasteiger partial charge on any atom is 0.311 e. The van der Waals surface area contributed by atoms with Gasteiger partial charge in [-0.2, -0.15) is 0 Å². The van der Waals surface area contributed by atoms with Gasteiger partial charge in [-0.05, 0) is 93.7 Å². The molecule has 4 saturated heterocycles. The van der Waals surface area contributed by atoms with Gasteiger partial charge in [-0.15, -0.1) is 0 Å². The van der Waals surface area contributed by atoms with Crippen molar-refractivity contribution in [3.63, 3.8) is 0 Å². The predicted octanol–water partition coefficient (Wildman–Crippen LogP) is 2.52. The Morgan fingerprint density at radius 2 is 1.58 bits per heavy atom. The molecule has 0 aliphatic carbocycles. The van der Waals surface area contributed by atoms with Crippen LogP contribution in [0, 0.1) is 23.7 Å². The summed E-state index contributed by atoms with van der Waals surface area (Å²) < 4.78 is 38.7. The Morgan fingerprint density at radius 3 is 2.20 bits per heavy atom. The van der Waals surface area contributed by atoms with Crippen molar-refractivity contribution in [2.45, 2.75) is 179 Å². The minimum atomic E-state index is -1.77. The maximum atomic E-state index is 14.3. The van der Waals surface area contributed by atoms with Crippen molar-refractivity contribution in [1.82, 2.24) is 15.1 Å². The molecule has 0 bridgehead atoms. The van der Waals surface area contributed by atoms with E-state index >= 15 is 0 Å². The zero-order chi connectivity index (χ0) is 41.0. The minimum Gasteiger partial charge on any atom is -0.459 e. The smallest absolute Gasteiger partial charge is 0.311 e. The van der Waals surface area contributed by atoms with E-state index in [1.165, 1.54) is 6.92 Å². The average Bonchev–Trinajstić information content (AvgIpc) is 3.12. The van der Waals surface area contributed by atoms with Crippen molar-refractivity contribution in [1.29, 1.82) is 0 Å². The first kappa shape index (κ1) is 46.7. The van der Waals surface area contributed by atoms with Gasteiger partial charge in [-0.25, -0.2) is 0 Å². The summed E-state index contributed by atoms with van der Waals surface area (Å²) in [7, 11) is 3.86. The van der Waals surface area contributed by atoms with E-state index in [4.69, 9.17) is 28.4 Å². The molecule has 0 amide bonds. The van der Waals surface area contributed by atoms with Gasteiger partial charge >= 0.3 is 5.97 Å². The van der Waals surface area contributed by atoms with Gasteiger partial charge in [0.2, 0.25) is 0 Å². The maximum absolute atomic E-state index is 14.3. The fraction of sp³-hybridized carbons (Fsp3) is 0.976. The fourth-order valence-corrected chi connectivity index (χ4v) is 9.49. The van der Waals surface area contributed by atoms with Crippen LogP contribution in [-0.4, -0.2) is 168 Å². The van der Waals surface area contributed by atoms with E-state index in [0.29, 0.717) is 25.8 Å². The number of carbonyl (C=O) groups excluding carboxylic acids is 1. The van der Waals surface area contributed by atoms with E-state index in [-0.39, 0.29) is 36.9 Å². The second-order valence-electron chi connectivity index (χ2n) is 18.3. The minimum absolute atomic E-state index is 0.0497. The Kier molecular flexibility index (Phi) is 16.4. The molecule has 0 radical (unpaired) electrons. The molecule has 55 heavy (non-hydrogen) atoms. The van der Waals surface area contributed by atoms with Crippen LogP contribution < -0.4 is 5.32 Å². The average molecular weight is 788 g/mol. The summed E-state index contributed by atoms with van der Waals surface area (Å²) in [5, 5.41) is 49.8. The molecule has 5 N–H and O–H groups in total. The van der Waals surface area contributed by atoms with Gasteiger partial charge in [0.1, 0.15) is 23.9 Å². The standard InChI is InChI=1S/C41H77N3O11/c1-13-32-41(10,49)35(46)28(6)42-22-24(2)20-39(8,48)36(55-38-31(45)15-14-25(3)51-38)26(4)34(27(5)37(47)53-32)54-33-21-40(9,50-12)30(29(7)52-33)23-44-18-16-43(11)17-19-44/h24-36,38,42,45-46,48-49H,13-23H2,1-12H3/t24-,25-,26+,27-,28-,29+,30?,31-,32-,33+,34+,35-,36-,38+,39-,40-,41-/m1/s1. The summed E-state index contributed by atoms with van der Waals surface area (Å²) in [6.07, 6.45) is -5.24. The van der Waals surface area contributed by atoms with Crippen molar-refractivity contribution in [3.8, 4) is 0 Å². The number of carbonyl (C=O) groups is 1. The SMILES string of the molecule is CC[C@H]1OC(=O)[C@H](C)[C@@H](O[C@H]2C[C@@](C)(OC)C(CN3CCN(C)CC3)[C@H](C)O2)[C@H](C)[C@@H](O[C@@H]2O[C@H](C)CC[C@H]2O)[C@](C)(O)C[C@@H](C)CN[C@H](C)[C@@H](O)[C@]1(C)O. The summed E-state index contributed by atoms with van der Waals surface area (Å²) in [5.41, 5.74) is -3.88. The molecule has 322 valence electrons. The highest BCUT2D eigenvalue weighted by molar-refractivity contribution is 5.73. The molecular weight excluding hydrogens is 710 g/mol. The van der Waals surface area contributed by atoms with Gasteiger partial charge < -0.3 is 64.0 Å². The molecule has 4 aliphatic rings. The van der Waals surface area contributed by atoms with Gasteiger partial charge in [0, 0.05) is 64.1 Å². The first-order valence-corrected chi connectivity index (χ1v) is 21.0. The monoisotopic (exact) mass is 788 g/mol. The molecule has 14 nitrogen and oxygen atoms in total. The Balaban J connectivity index is 1.72. The first-order valence-electron chi connectivity index (χ1n) is 21.0. The summed E-state index contributed by atoms with van der Waals surface area (Å²) in [4.78, 5) is 19.1. The summed E-state index contributed by atoms with van der Waals surface area (Å²) in [6.45, 7) is 23.6. The summed E-state index contributed by atoms with van der Waals surface area (Å²) >= 11 is 0. The van der Waals surface area contributed by atoms with Crippen LogP contribution in [0.5, 0.6) is 0 Å². The van der Waals surface area contributed by atoms with Gasteiger partial charge in [-0.1, -0.05) is 20.8 Å². The Bertz CT molecular complexity index is 1200. The largest absolute Gasteiger partial charge is 0.459 e. The van der Waals surface area contributed by atoms with E-state index < -0.39 is 83.7 Å². The second kappa shape index (κ2) is 19.4. The molecule has 14 heteroatoms. The lowest BCUT2D eigenvalue weighted by Gasteiger charge is -2.50. The van der Waals surface area contributed by atoms with E-state index in [1.807, 2.05) is 27.7 Å². The molecule has 0 aromatic rings. The number of rotatable bonds is 8. The molecule has 4 fully saturated rings. The predicted molar refractivity (Wildman–Crippen MR) is 208 cm³/mol. The van der Waals surface area contributed by atoms with Crippen LogP contribution in [0.15, 0.2) is 0 Å². The zero-order valence-corrected chi connectivity index (χ0v) is 35.9. The third kappa shape index (κ3) is 11.4. The quantitative estimate of drug-likeness (QED) is 0.227. The summed E-state index contributed by atoms with van der Waals surface area (Å²) in [6, 6.07) is -0.562. The number of methoxy groups -OCH3 is 1. The number of hydrogen-bond acceptors (Lipinski definition) is 14. The zero-order valence-electron chi connectivity index (χ0n) is 35.9. The number of aliphatic hydroxyl groups excluding tert-OH is 2. The van der Waals surface area contributed by atoms with Crippen LogP contribution in [0.25, 0.3) is 0 Å². The van der Waals surface area contributed by atoms with Crippen LogP contribution in [-0.2, 0) is 33.2 Å². The fourth-order valence-electron chi connectivity index (χ4n) is 9.49. The molecule has 4 rings (SSSR count). The molecule has 17 atom stereocenters. The Morgan fingerprint density at radius 1 is 0.927 bits per heavy atom. The lowest BCUT2D eigenvalue weighted by Crippen LogP contribution is -2.60. The lowest BCUT2D eigenvalue weighted by atomic mass is 9.77. The number of esters is 1. The number of nitrogens with zero attached hydrogens (tertiary/aromatic N) is 2. The van der Waals surface area contributed by atoms with Crippen molar-refractivity contribution in [3.05, 3.63) is 0 Å². The number of aliphatic hydroxyl groups is 4. The molecule has 4 heterocycles. The van der Waals surface area contributed by atoms with Crippen LogP contribution in [0.4, 0.5) is 0 Å². The highest BCUT2D eigenvalue weighted by atomic mass is 16.7. The molecule has 0 spiro atoms. The van der Waals surface area contributed by atoms with Crippen molar-refractivity contribution < 1.29 is 53.6 Å². The first-order chi connectivity index (χ1) is 25.6. The van der Waals surface area contributed by atoms with E-state index in [1.54, 1.807) is 34.8 Å². The molecule has 0 aromatic carbocycles. The molecule has 0 aromatic heterocycles. The van der Waals surface area contributed by atoms with Gasteiger partial charge in [0.05, 0.1) is 41.5 Å². The van der Waals surface area contributed by atoms with Crippen LogP contribution in [0.3, 0.4) is 0 Å². The van der Waals surface area contributed by atoms with Gasteiger partial charge in [0.25, 0.3) is 0 Å². The highest BCUT2D eigenvalue weighted by Crippen LogP contribution is 2.42. The highest BCUT2D eigenvalue weighted by Gasteiger charge is 2.52. The number of ether oxygens (including phenoxy) is 6. The molecule has 4 aliphatic heterocycles. The topological polar surface area (TPSA) is 172 Å². The second-order valence-corrected chi connectivity index (χ2v) is 18.3. The van der Waals surface area contributed by atoms with Crippen molar-refractivity contribution in [2.75, 3.05) is 53.4 Å². The van der Waals surface area contributed by atoms with Gasteiger partial charge in [0.15, 0.2) is 12.6 Å². The van der Waals surface area contributed by atoms with Crippen molar-refractivity contribution in [2.24, 2.45) is 23.7 Å². The number of piperazine rings is 1. The van der Waals surface area contributed by atoms with E-state index in [9.17, 15) is 25.2 Å². The van der Waals surface area contributed by atoms with Crippen LogP contribution in [0.2, 0.25) is 0 Å². The lowest BCUT2D eigenvalue weighted by molar-refractivity contribution is -0.310. The number of likely N-dealkylation sites (N-methyl/N-ethyl adjacent to an activating group) is 1. The molecule has 0 saturated carbocycles. The number of hydrogen-bond donors (Lipinski definition) is 5. The number of cyclic esters (lactones) is 1. The Labute approximate surface area is 330 Å². The normalized spacial score (nSPS) is 48.1. The van der Waals surface area contributed by atoms with E-state index in [2.05, 4.69) is 29.1 Å². The number of nitrogens with one attached hydrogen (secondary N) is 1. The van der Waals surface area contributed by atoms with E-state index in [0.717, 1.165) is 32.7 Å². The van der Waals surface area contributed by atoms with Crippen molar-refractivity contribution >= 4 is 5.97 Å². The Hall–Kier alpha value is -1.01. The van der Waals surface area contributed by atoms with Crippen LogP contribution in [0.1, 0.15) is 101 Å². The summed E-state index contributed by atoms with van der Waals surface area (Å²) in [5.74, 6) is -2.31. The molecule has 1 unspecified atom stereocenters. The third-order valence-corrected chi connectivity index (χ3v) is 13.3. The third-order valence-electron chi connectivity index (χ3n) is 13.3. The van der Waals surface area contributed by atoms with Gasteiger partial charge in [-0.3, -0.25) is 4.79 Å².